The molecule has 0 heterocycles. The van der Waals surface area contributed by atoms with Crippen molar-refractivity contribution in [2.45, 2.75) is 112 Å². The Bertz CT molecular complexity index is 390. The van der Waals surface area contributed by atoms with Crippen molar-refractivity contribution >= 4 is 11.9 Å². The fraction of sp³-hybridized carbons (Fsp3) is 0.917. The van der Waals surface area contributed by atoms with Gasteiger partial charge in [-0.05, 0) is 30.6 Å². The molecule has 4 nitrogen and oxygen atoms in total. The third-order valence-electron chi connectivity index (χ3n) is 4.98. The smallest absolute Gasteiger partial charge is 0.305 e. The number of hydrogen-bond donors (Lipinski definition) is 0. The topological polar surface area (TPSA) is 52.6 Å². The Labute approximate surface area is 174 Å². The van der Waals surface area contributed by atoms with Crippen LogP contribution in [0, 0.1) is 17.8 Å². The number of hydrogen-bond acceptors (Lipinski definition) is 4. The van der Waals surface area contributed by atoms with E-state index in [1.165, 1.54) is 38.5 Å². The molecule has 1 atom stereocenters. The van der Waals surface area contributed by atoms with E-state index in [4.69, 9.17) is 9.47 Å². The van der Waals surface area contributed by atoms with Crippen molar-refractivity contribution < 1.29 is 19.1 Å². The average molecular weight is 399 g/mol. The molecule has 0 aliphatic carbocycles. The number of esters is 2. The molecule has 0 aromatic heterocycles. The third-order valence-corrected chi connectivity index (χ3v) is 4.98. The maximum atomic E-state index is 11.7. The molecule has 0 saturated carbocycles. The van der Waals surface area contributed by atoms with E-state index in [0.29, 0.717) is 43.8 Å². The van der Waals surface area contributed by atoms with Gasteiger partial charge in [0, 0.05) is 12.8 Å². The van der Waals surface area contributed by atoms with Gasteiger partial charge in [-0.25, -0.2) is 0 Å². The number of unbranched alkanes of at least 4 members (excludes halogenated alkanes) is 6. The van der Waals surface area contributed by atoms with Gasteiger partial charge in [-0.1, -0.05) is 86.0 Å². The van der Waals surface area contributed by atoms with Crippen molar-refractivity contribution in [3.63, 3.8) is 0 Å². The predicted molar refractivity (Wildman–Crippen MR) is 116 cm³/mol. The Kier molecular flexibility index (Phi) is 17.3. The molecule has 0 rings (SSSR count). The maximum absolute atomic E-state index is 11.7. The second-order valence-corrected chi connectivity index (χ2v) is 8.98. The molecule has 1 unspecified atom stereocenters. The van der Waals surface area contributed by atoms with Gasteiger partial charge in [0.05, 0.1) is 13.2 Å². The second-order valence-electron chi connectivity index (χ2n) is 8.98. The molecule has 0 aromatic rings. The van der Waals surface area contributed by atoms with Gasteiger partial charge in [0.15, 0.2) is 0 Å². The Morgan fingerprint density at radius 1 is 0.643 bits per heavy atom. The zero-order chi connectivity index (χ0) is 21.2. The van der Waals surface area contributed by atoms with Crippen molar-refractivity contribution in [3.8, 4) is 0 Å². The molecular weight excluding hydrogens is 352 g/mol. The van der Waals surface area contributed by atoms with E-state index in [1.54, 1.807) is 0 Å². The van der Waals surface area contributed by atoms with E-state index in [2.05, 4.69) is 34.6 Å². The monoisotopic (exact) mass is 398 g/mol. The fourth-order valence-electron chi connectivity index (χ4n) is 3.12. The number of carbonyl (C=O) groups excluding carboxylic acids is 2. The summed E-state index contributed by atoms with van der Waals surface area (Å²) < 4.78 is 10.4. The van der Waals surface area contributed by atoms with Crippen molar-refractivity contribution in [1.82, 2.24) is 0 Å². The minimum Gasteiger partial charge on any atom is -0.465 e. The third kappa shape index (κ3) is 18.3. The van der Waals surface area contributed by atoms with Crippen molar-refractivity contribution in [2.24, 2.45) is 17.8 Å². The Hall–Kier alpha value is -1.06. The van der Waals surface area contributed by atoms with E-state index in [1.807, 2.05) is 0 Å². The molecule has 0 fully saturated rings. The molecule has 0 saturated heterocycles. The zero-order valence-corrected chi connectivity index (χ0v) is 19.3. The summed E-state index contributed by atoms with van der Waals surface area (Å²) in [6.45, 7) is 11.5. The summed E-state index contributed by atoms with van der Waals surface area (Å²) in [6, 6.07) is 0. The highest BCUT2D eigenvalue weighted by Crippen LogP contribution is 2.20. The fourth-order valence-corrected chi connectivity index (χ4v) is 3.12. The van der Waals surface area contributed by atoms with E-state index in [0.717, 1.165) is 25.7 Å². The average Bonchev–Trinajstić information content (AvgIpc) is 2.65. The number of ether oxygens (including phenoxy) is 2. The summed E-state index contributed by atoms with van der Waals surface area (Å²) in [6.07, 6.45) is 12.7. The molecule has 166 valence electrons. The molecule has 0 aromatic carbocycles. The highest BCUT2D eigenvalue weighted by molar-refractivity contribution is 5.69. The summed E-state index contributed by atoms with van der Waals surface area (Å²) in [7, 11) is 0. The van der Waals surface area contributed by atoms with Crippen LogP contribution in [0.25, 0.3) is 0 Å². The van der Waals surface area contributed by atoms with Gasteiger partial charge in [-0.15, -0.1) is 0 Å². The van der Waals surface area contributed by atoms with Gasteiger partial charge >= 0.3 is 11.9 Å². The van der Waals surface area contributed by atoms with Crippen molar-refractivity contribution in [1.29, 1.82) is 0 Å². The second kappa shape index (κ2) is 18.0. The van der Waals surface area contributed by atoms with Gasteiger partial charge in [0.25, 0.3) is 0 Å². The van der Waals surface area contributed by atoms with Crippen LogP contribution in [0.3, 0.4) is 0 Å². The van der Waals surface area contributed by atoms with Crippen LogP contribution in [-0.2, 0) is 19.1 Å². The molecule has 0 radical (unpaired) electrons. The minimum atomic E-state index is -0.0487. The first-order valence-electron chi connectivity index (χ1n) is 11.7. The summed E-state index contributed by atoms with van der Waals surface area (Å²) in [4.78, 5) is 23.3. The lowest BCUT2D eigenvalue weighted by Crippen LogP contribution is -2.11. The van der Waals surface area contributed by atoms with E-state index >= 15 is 0 Å². The lowest BCUT2D eigenvalue weighted by molar-refractivity contribution is -0.145. The standard InChI is InChI=1S/C24H46O4/c1-6-22(16-17-24(26)28-19-21(4)5)14-12-10-8-7-9-11-13-15-23(25)27-18-20(2)3/h20-22H,6-19H2,1-5H3. The van der Waals surface area contributed by atoms with Crippen LogP contribution in [0.15, 0.2) is 0 Å². The molecule has 28 heavy (non-hydrogen) atoms. The minimum absolute atomic E-state index is 0.0414. The highest BCUT2D eigenvalue weighted by atomic mass is 16.5. The van der Waals surface area contributed by atoms with Crippen LogP contribution < -0.4 is 0 Å². The maximum Gasteiger partial charge on any atom is 0.305 e. The zero-order valence-electron chi connectivity index (χ0n) is 19.3. The molecule has 0 spiro atoms. The first-order chi connectivity index (χ1) is 13.3. The van der Waals surface area contributed by atoms with E-state index in [9.17, 15) is 9.59 Å². The van der Waals surface area contributed by atoms with Gasteiger partial charge in [0.1, 0.15) is 0 Å². The number of carbonyl (C=O) groups is 2. The molecule has 0 bridgehead atoms. The molecule has 0 N–H and O–H groups in total. The van der Waals surface area contributed by atoms with Gasteiger partial charge in [-0.3, -0.25) is 9.59 Å². The Morgan fingerprint density at radius 3 is 1.61 bits per heavy atom. The van der Waals surface area contributed by atoms with Crippen LogP contribution >= 0.6 is 0 Å². The van der Waals surface area contributed by atoms with Gasteiger partial charge in [-0.2, -0.15) is 0 Å². The summed E-state index contributed by atoms with van der Waals surface area (Å²) in [5.74, 6) is 1.37. The first-order valence-corrected chi connectivity index (χ1v) is 11.7. The Balaban J connectivity index is 3.52. The summed E-state index contributed by atoms with van der Waals surface area (Å²) in [5, 5.41) is 0. The largest absolute Gasteiger partial charge is 0.465 e. The molecule has 0 aliphatic rings. The molecular formula is C24H46O4. The summed E-state index contributed by atoms with van der Waals surface area (Å²) in [5.41, 5.74) is 0. The van der Waals surface area contributed by atoms with Crippen LogP contribution in [0.1, 0.15) is 112 Å². The van der Waals surface area contributed by atoms with Crippen LogP contribution in [-0.4, -0.2) is 25.2 Å². The van der Waals surface area contributed by atoms with Crippen molar-refractivity contribution in [2.75, 3.05) is 13.2 Å². The predicted octanol–water partition coefficient (Wildman–Crippen LogP) is 6.70. The quantitative estimate of drug-likeness (QED) is 0.190. The molecule has 0 amide bonds. The highest BCUT2D eigenvalue weighted by Gasteiger charge is 2.11. The van der Waals surface area contributed by atoms with E-state index in [-0.39, 0.29) is 11.9 Å². The first kappa shape index (κ1) is 26.9. The SMILES string of the molecule is CCC(CCCCCCCCCC(=O)OCC(C)C)CCC(=O)OCC(C)C. The van der Waals surface area contributed by atoms with Crippen LogP contribution in [0.5, 0.6) is 0 Å². The molecule has 4 heteroatoms. The van der Waals surface area contributed by atoms with Gasteiger partial charge in [0.2, 0.25) is 0 Å². The summed E-state index contributed by atoms with van der Waals surface area (Å²) >= 11 is 0. The molecule has 0 aliphatic heterocycles. The van der Waals surface area contributed by atoms with E-state index < -0.39 is 0 Å². The van der Waals surface area contributed by atoms with Gasteiger partial charge < -0.3 is 9.47 Å². The normalized spacial score (nSPS) is 12.4. The van der Waals surface area contributed by atoms with Crippen LogP contribution in [0.4, 0.5) is 0 Å². The lowest BCUT2D eigenvalue weighted by atomic mass is 9.93. The van der Waals surface area contributed by atoms with Crippen LogP contribution in [0.2, 0.25) is 0 Å². The van der Waals surface area contributed by atoms with Crippen molar-refractivity contribution in [3.05, 3.63) is 0 Å². The lowest BCUT2D eigenvalue weighted by Gasteiger charge is -2.14. The number of rotatable bonds is 18. The Morgan fingerprint density at radius 2 is 1.11 bits per heavy atom.